The molecular weight excluding hydrogens is 212 g/mol. The molecular formula is C15H20O2. The van der Waals surface area contributed by atoms with E-state index < -0.39 is 0 Å². The maximum atomic E-state index is 11.7. The van der Waals surface area contributed by atoms with Crippen LogP contribution in [-0.2, 0) is 16.0 Å². The maximum Gasteiger partial charge on any atom is 0.333 e. The van der Waals surface area contributed by atoms with E-state index in [1.54, 1.807) is 0 Å². The van der Waals surface area contributed by atoms with Crippen LogP contribution in [0.2, 0.25) is 0 Å². The van der Waals surface area contributed by atoms with E-state index in [1.807, 2.05) is 43.3 Å². The van der Waals surface area contributed by atoms with Crippen LogP contribution in [0.15, 0.2) is 42.0 Å². The number of rotatable bonds is 6. The smallest absolute Gasteiger partial charge is 0.333 e. The highest BCUT2D eigenvalue weighted by Gasteiger charge is 2.08. The molecule has 0 radical (unpaired) electrons. The largest absolute Gasteiger partial charge is 0.462 e. The van der Waals surface area contributed by atoms with Gasteiger partial charge >= 0.3 is 5.97 Å². The van der Waals surface area contributed by atoms with Crippen molar-refractivity contribution in [2.75, 3.05) is 6.61 Å². The maximum absolute atomic E-state index is 11.7. The second kappa shape index (κ2) is 7.66. The number of hydrogen-bond donors (Lipinski definition) is 0. The summed E-state index contributed by atoms with van der Waals surface area (Å²) in [5.74, 6) is -0.176. The molecule has 0 aliphatic heterocycles. The lowest BCUT2D eigenvalue weighted by Gasteiger charge is -2.07. The van der Waals surface area contributed by atoms with Crippen LogP contribution in [0.25, 0.3) is 0 Å². The van der Waals surface area contributed by atoms with Gasteiger partial charge in [-0.1, -0.05) is 49.8 Å². The number of carbonyl (C=O) groups is 1. The van der Waals surface area contributed by atoms with Crippen molar-refractivity contribution in [3.05, 3.63) is 47.5 Å². The summed E-state index contributed by atoms with van der Waals surface area (Å²) in [5.41, 5.74) is 1.97. The summed E-state index contributed by atoms with van der Waals surface area (Å²) >= 11 is 0. The SMILES string of the molecule is C/C=C(\CCC)C(=O)OCCc1ccccc1. The van der Waals surface area contributed by atoms with Gasteiger partial charge in [-0.05, 0) is 18.9 Å². The van der Waals surface area contributed by atoms with Crippen molar-refractivity contribution in [3.63, 3.8) is 0 Å². The number of hydrogen-bond acceptors (Lipinski definition) is 2. The first kappa shape index (κ1) is 13.5. The topological polar surface area (TPSA) is 26.3 Å². The standard InChI is InChI=1S/C15H20O2/c1-3-8-14(4-2)15(16)17-12-11-13-9-6-5-7-10-13/h4-7,9-10H,3,8,11-12H2,1-2H3/b14-4+. The van der Waals surface area contributed by atoms with Gasteiger partial charge in [0.1, 0.15) is 0 Å². The van der Waals surface area contributed by atoms with E-state index in [2.05, 4.69) is 6.92 Å². The van der Waals surface area contributed by atoms with Crippen LogP contribution < -0.4 is 0 Å². The van der Waals surface area contributed by atoms with Crippen LogP contribution in [0.5, 0.6) is 0 Å². The molecule has 0 N–H and O–H groups in total. The van der Waals surface area contributed by atoms with Crippen LogP contribution in [0, 0.1) is 0 Å². The van der Waals surface area contributed by atoms with E-state index >= 15 is 0 Å². The van der Waals surface area contributed by atoms with E-state index in [4.69, 9.17) is 4.74 Å². The van der Waals surface area contributed by atoms with Gasteiger partial charge in [-0.25, -0.2) is 4.79 Å². The molecule has 0 aliphatic rings. The fourth-order valence-corrected chi connectivity index (χ4v) is 1.63. The molecule has 0 unspecified atom stereocenters. The van der Waals surface area contributed by atoms with Gasteiger partial charge in [-0.2, -0.15) is 0 Å². The van der Waals surface area contributed by atoms with Crippen molar-refractivity contribution in [1.82, 2.24) is 0 Å². The summed E-state index contributed by atoms with van der Waals surface area (Å²) in [6.45, 7) is 4.38. The average molecular weight is 232 g/mol. The summed E-state index contributed by atoms with van der Waals surface area (Å²) in [5, 5.41) is 0. The van der Waals surface area contributed by atoms with Crippen LogP contribution in [0.1, 0.15) is 32.3 Å². The third-order valence-electron chi connectivity index (χ3n) is 2.60. The second-order valence-electron chi connectivity index (χ2n) is 3.94. The molecule has 1 rings (SSSR count). The van der Waals surface area contributed by atoms with Gasteiger partial charge in [0.15, 0.2) is 0 Å². The molecule has 17 heavy (non-hydrogen) atoms. The van der Waals surface area contributed by atoms with Crippen LogP contribution >= 0.6 is 0 Å². The Morgan fingerprint density at radius 2 is 2.00 bits per heavy atom. The minimum Gasteiger partial charge on any atom is -0.462 e. The number of carbonyl (C=O) groups excluding carboxylic acids is 1. The van der Waals surface area contributed by atoms with Gasteiger partial charge in [0.2, 0.25) is 0 Å². The quantitative estimate of drug-likeness (QED) is 0.554. The molecule has 0 aromatic heterocycles. The lowest BCUT2D eigenvalue weighted by molar-refractivity contribution is -0.139. The van der Waals surface area contributed by atoms with E-state index in [0.29, 0.717) is 6.61 Å². The molecule has 0 aliphatic carbocycles. The lowest BCUT2D eigenvalue weighted by Crippen LogP contribution is -2.10. The Hall–Kier alpha value is -1.57. The zero-order valence-corrected chi connectivity index (χ0v) is 10.6. The third kappa shape index (κ3) is 4.85. The Bertz CT molecular complexity index is 366. The zero-order valence-electron chi connectivity index (χ0n) is 10.6. The normalized spacial score (nSPS) is 11.3. The van der Waals surface area contributed by atoms with Gasteiger partial charge in [-0.3, -0.25) is 0 Å². The number of esters is 1. The Balaban J connectivity index is 2.34. The van der Waals surface area contributed by atoms with E-state index in [0.717, 1.165) is 24.8 Å². The molecule has 2 nitrogen and oxygen atoms in total. The van der Waals surface area contributed by atoms with E-state index in [9.17, 15) is 4.79 Å². The number of allylic oxidation sites excluding steroid dienone is 1. The number of benzene rings is 1. The Kier molecular flexibility index (Phi) is 6.08. The molecule has 1 aromatic carbocycles. The molecule has 0 saturated carbocycles. The lowest BCUT2D eigenvalue weighted by atomic mass is 10.1. The van der Waals surface area contributed by atoms with Gasteiger partial charge in [-0.15, -0.1) is 0 Å². The summed E-state index contributed by atoms with van der Waals surface area (Å²) in [6, 6.07) is 10.0. The molecule has 0 spiro atoms. The molecule has 1 aromatic rings. The van der Waals surface area contributed by atoms with Crippen LogP contribution in [0.4, 0.5) is 0 Å². The van der Waals surface area contributed by atoms with Gasteiger partial charge in [0.25, 0.3) is 0 Å². The fraction of sp³-hybridized carbons (Fsp3) is 0.400. The van der Waals surface area contributed by atoms with Crippen LogP contribution in [0.3, 0.4) is 0 Å². The molecule has 0 saturated heterocycles. The highest BCUT2D eigenvalue weighted by Crippen LogP contribution is 2.07. The fourth-order valence-electron chi connectivity index (χ4n) is 1.63. The van der Waals surface area contributed by atoms with Gasteiger partial charge < -0.3 is 4.74 Å². The van der Waals surface area contributed by atoms with Gasteiger partial charge in [0, 0.05) is 12.0 Å². The van der Waals surface area contributed by atoms with E-state index in [-0.39, 0.29) is 5.97 Å². The first-order valence-electron chi connectivity index (χ1n) is 6.14. The minimum absolute atomic E-state index is 0.176. The highest BCUT2D eigenvalue weighted by molar-refractivity contribution is 5.88. The van der Waals surface area contributed by atoms with Gasteiger partial charge in [0.05, 0.1) is 6.61 Å². The van der Waals surface area contributed by atoms with E-state index in [1.165, 1.54) is 5.56 Å². The highest BCUT2D eigenvalue weighted by atomic mass is 16.5. The monoisotopic (exact) mass is 232 g/mol. The van der Waals surface area contributed by atoms with Crippen LogP contribution in [-0.4, -0.2) is 12.6 Å². The summed E-state index contributed by atoms with van der Waals surface area (Å²) in [6.07, 6.45) is 4.37. The number of ether oxygens (including phenoxy) is 1. The summed E-state index contributed by atoms with van der Waals surface area (Å²) in [4.78, 5) is 11.7. The first-order chi connectivity index (χ1) is 8.27. The van der Waals surface area contributed by atoms with Crippen molar-refractivity contribution in [1.29, 1.82) is 0 Å². The predicted molar refractivity (Wildman–Crippen MR) is 69.8 cm³/mol. The Morgan fingerprint density at radius 3 is 2.59 bits per heavy atom. The van der Waals surface area contributed by atoms with Crippen molar-refractivity contribution >= 4 is 5.97 Å². The summed E-state index contributed by atoms with van der Waals surface area (Å²) < 4.78 is 5.24. The predicted octanol–water partition coefficient (Wildman–Crippen LogP) is 3.52. The second-order valence-corrected chi connectivity index (χ2v) is 3.94. The zero-order chi connectivity index (χ0) is 12.5. The van der Waals surface area contributed by atoms with Crippen molar-refractivity contribution in [2.24, 2.45) is 0 Å². The average Bonchev–Trinajstić information content (AvgIpc) is 2.37. The Labute approximate surface area is 103 Å². The minimum atomic E-state index is -0.176. The molecule has 0 heterocycles. The molecule has 0 fully saturated rings. The van der Waals surface area contributed by atoms with Crippen molar-refractivity contribution in [2.45, 2.75) is 33.1 Å². The molecule has 2 heteroatoms. The summed E-state index contributed by atoms with van der Waals surface area (Å²) in [7, 11) is 0. The third-order valence-corrected chi connectivity index (χ3v) is 2.60. The molecule has 0 atom stereocenters. The van der Waals surface area contributed by atoms with Crippen molar-refractivity contribution in [3.8, 4) is 0 Å². The Morgan fingerprint density at radius 1 is 1.29 bits per heavy atom. The first-order valence-corrected chi connectivity index (χ1v) is 6.14. The molecule has 92 valence electrons. The molecule has 0 amide bonds. The molecule has 0 bridgehead atoms. The van der Waals surface area contributed by atoms with Crippen molar-refractivity contribution < 1.29 is 9.53 Å².